The van der Waals surface area contributed by atoms with Gasteiger partial charge in [0.25, 0.3) is 0 Å². The number of benzene rings is 2. The van der Waals surface area contributed by atoms with Crippen LogP contribution in [0, 0.1) is 12.7 Å². The molecule has 0 aromatic heterocycles. The third-order valence-corrected chi connectivity index (χ3v) is 4.17. The number of anilines is 1. The van der Waals surface area contributed by atoms with Crippen molar-refractivity contribution in [2.75, 3.05) is 18.5 Å². The molecule has 1 unspecified atom stereocenters. The van der Waals surface area contributed by atoms with Gasteiger partial charge in [-0.3, -0.25) is 0 Å². The molecular weight excluding hydrogens is 263 g/mol. The third kappa shape index (κ3) is 3.61. The molecule has 2 rings (SSSR count). The second kappa shape index (κ2) is 6.27. The van der Waals surface area contributed by atoms with Crippen molar-refractivity contribution in [1.29, 1.82) is 0 Å². The lowest BCUT2D eigenvalue weighted by atomic mass is 9.90. The van der Waals surface area contributed by atoms with Gasteiger partial charge in [-0.25, -0.2) is 4.39 Å². The maximum absolute atomic E-state index is 13.0. The summed E-state index contributed by atoms with van der Waals surface area (Å²) in [5.41, 5.74) is 9.28. The van der Waals surface area contributed by atoms with Crippen LogP contribution in [0.3, 0.4) is 0 Å². The highest BCUT2D eigenvalue weighted by atomic mass is 19.1. The summed E-state index contributed by atoms with van der Waals surface area (Å²) in [4.78, 5) is 2.20. The molecule has 2 aromatic rings. The van der Waals surface area contributed by atoms with Gasteiger partial charge in [-0.05, 0) is 50.1 Å². The summed E-state index contributed by atoms with van der Waals surface area (Å²) in [6.07, 6.45) is 0.772. The quantitative estimate of drug-likeness (QED) is 0.911. The van der Waals surface area contributed by atoms with Gasteiger partial charge in [-0.15, -0.1) is 0 Å². The van der Waals surface area contributed by atoms with E-state index in [9.17, 15) is 4.39 Å². The number of hydrogen-bond donors (Lipinski definition) is 1. The molecule has 2 nitrogen and oxygen atoms in total. The summed E-state index contributed by atoms with van der Waals surface area (Å²) >= 11 is 0. The van der Waals surface area contributed by atoms with E-state index in [1.165, 1.54) is 17.7 Å². The Balaban J connectivity index is 2.23. The predicted octanol–water partition coefficient (Wildman–Crippen LogP) is 3.53. The van der Waals surface area contributed by atoms with Gasteiger partial charge in [0, 0.05) is 19.3 Å². The molecule has 0 saturated heterocycles. The Morgan fingerprint density at radius 2 is 1.62 bits per heavy atom. The number of rotatable bonds is 5. The number of nitrogens with zero attached hydrogens (tertiary/aromatic N) is 1. The zero-order valence-corrected chi connectivity index (χ0v) is 12.9. The minimum Gasteiger partial charge on any atom is -0.368 e. The Bertz CT molecular complexity index is 577. The van der Waals surface area contributed by atoms with Gasteiger partial charge in [0.15, 0.2) is 0 Å². The molecule has 0 aliphatic heterocycles. The van der Waals surface area contributed by atoms with Crippen LogP contribution >= 0.6 is 0 Å². The van der Waals surface area contributed by atoms with Crippen LogP contribution < -0.4 is 10.6 Å². The van der Waals surface area contributed by atoms with Crippen molar-refractivity contribution in [2.24, 2.45) is 5.73 Å². The van der Waals surface area contributed by atoms with E-state index in [4.69, 9.17) is 5.73 Å². The molecule has 2 N–H and O–H groups in total. The van der Waals surface area contributed by atoms with E-state index in [2.05, 4.69) is 50.1 Å². The van der Waals surface area contributed by atoms with E-state index >= 15 is 0 Å². The fourth-order valence-electron chi connectivity index (χ4n) is 2.45. The van der Waals surface area contributed by atoms with Crippen LogP contribution in [0.5, 0.6) is 0 Å². The van der Waals surface area contributed by atoms with Gasteiger partial charge in [-0.2, -0.15) is 0 Å². The highest BCUT2D eigenvalue weighted by Crippen LogP contribution is 2.25. The minimum atomic E-state index is -0.215. The maximum Gasteiger partial charge on any atom is 0.123 e. The average molecular weight is 286 g/mol. The van der Waals surface area contributed by atoms with Crippen molar-refractivity contribution in [3.63, 3.8) is 0 Å². The van der Waals surface area contributed by atoms with Gasteiger partial charge < -0.3 is 10.6 Å². The first-order valence-corrected chi connectivity index (χ1v) is 7.20. The van der Waals surface area contributed by atoms with Crippen molar-refractivity contribution in [3.8, 4) is 0 Å². The fraction of sp³-hybridized carbons (Fsp3) is 0.333. The Morgan fingerprint density at radius 3 is 2.14 bits per heavy atom. The standard InChI is InChI=1S/C18H23FN2/c1-14-4-10-17(11-5-14)21(3)18(2,13-20)12-15-6-8-16(19)9-7-15/h4-11H,12-13,20H2,1-3H3. The number of nitrogens with two attached hydrogens (primary N) is 1. The summed E-state index contributed by atoms with van der Waals surface area (Å²) in [6, 6.07) is 15.1. The summed E-state index contributed by atoms with van der Waals surface area (Å²) in [5.74, 6) is -0.208. The molecule has 3 heteroatoms. The normalized spacial score (nSPS) is 13.8. The van der Waals surface area contributed by atoms with Gasteiger partial charge >= 0.3 is 0 Å². The molecule has 1 atom stereocenters. The molecule has 0 spiro atoms. The Morgan fingerprint density at radius 1 is 1.05 bits per heavy atom. The van der Waals surface area contributed by atoms with Gasteiger partial charge in [0.05, 0.1) is 5.54 Å². The minimum absolute atomic E-state index is 0.208. The summed E-state index contributed by atoms with van der Waals surface area (Å²) < 4.78 is 13.0. The zero-order chi connectivity index (χ0) is 15.5. The second-order valence-corrected chi connectivity index (χ2v) is 5.90. The molecule has 0 bridgehead atoms. The lowest BCUT2D eigenvalue weighted by Crippen LogP contribution is -2.51. The molecule has 0 saturated carbocycles. The van der Waals surface area contributed by atoms with Crippen LogP contribution in [-0.2, 0) is 6.42 Å². The molecule has 0 radical (unpaired) electrons. The van der Waals surface area contributed by atoms with Crippen molar-refractivity contribution < 1.29 is 4.39 Å². The Kier molecular flexibility index (Phi) is 4.63. The maximum atomic E-state index is 13.0. The molecule has 0 aliphatic rings. The predicted molar refractivity (Wildman–Crippen MR) is 87.1 cm³/mol. The summed E-state index contributed by atoms with van der Waals surface area (Å²) in [7, 11) is 2.06. The van der Waals surface area contributed by atoms with Crippen molar-refractivity contribution in [2.45, 2.75) is 25.8 Å². The van der Waals surface area contributed by atoms with Crippen LogP contribution in [-0.4, -0.2) is 19.1 Å². The lowest BCUT2D eigenvalue weighted by molar-refractivity contribution is 0.449. The number of likely N-dealkylation sites (N-methyl/N-ethyl adjacent to an activating group) is 1. The molecular formula is C18H23FN2. The highest BCUT2D eigenvalue weighted by molar-refractivity contribution is 5.49. The number of hydrogen-bond acceptors (Lipinski definition) is 2. The molecule has 0 heterocycles. The van der Waals surface area contributed by atoms with Crippen LogP contribution in [0.1, 0.15) is 18.1 Å². The molecule has 0 aliphatic carbocycles. The second-order valence-electron chi connectivity index (χ2n) is 5.90. The largest absolute Gasteiger partial charge is 0.368 e. The Hall–Kier alpha value is -1.87. The first-order valence-electron chi connectivity index (χ1n) is 7.20. The van der Waals surface area contributed by atoms with Crippen LogP contribution in [0.2, 0.25) is 0 Å². The van der Waals surface area contributed by atoms with E-state index in [1.54, 1.807) is 0 Å². The van der Waals surface area contributed by atoms with Crippen LogP contribution in [0.4, 0.5) is 10.1 Å². The summed E-state index contributed by atoms with van der Waals surface area (Å²) in [6.45, 7) is 4.73. The van der Waals surface area contributed by atoms with Gasteiger partial charge in [0.2, 0.25) is 0 Å². The lowest BCUT2D eigenvalue weighted by Gasteiger charge is -2.40. The van der Waals surface area contributed by atoms with Crippen molar-refractivity contribution in [1.82, 2.24) is 0 Å². The fourth-order valence-corrected chi connectivity index (χ4v) is 2.45. The smallest absolute Gasteiger partial charge is 0.123 e. The van der Waals surface area contributed by atoms with E-state index < -0.39 is 0 Å². The SMILES string of the molecule is Cc1ccc(N(C)C(C)(CN)Cc2ccc(F)cc2)cc1. The van der Waals surface area contributed by atoms with Crippen LogP contribution in [0.15, 0.2) is 48.5 Å². The van der Waals surface area contributed by atoms with Crippen molar-refractivity contribution >= 4 is 5.69 Å². The third-order valence-electron chi connectivity index (χ3n) is 4.17. The number of aryl methyl sites for hydroxylation is 1. The molecule has 112 valence electrons. The van der Waals surface area contributed by atoms with E-state index in [0.717, 1.165) is 17.7 Å². The first-order chi connectivity index (χ1) is 9.94. The molecule has 21 heavy (non-hydrogen) atoms. The first kappa shape index (κ1) is 15.5. The van der Waals surface area contributed by atoms with Gasteiger partial charge in [0.1, 0.15) is 5.82 Å². The van der Waals surface area contributed by atoms with E-state index in [1.807, 2.05) is 12.1 Å². The molecule has 0 amide bonds. The Labute approximate surface area is 126 Å². The highest BCUT2D eigenvalue weighted by Gasteiger charge is 2.28. The van der Waals surface area contributed by atoms with E-state index in [0.29, 0.717) is 6.54 Å². The average Bonchev–Trinajstić information content (AvgIpc) is 2.49. The molecule has 2 aromatic carbocycles. The van der Waals surface area contributed by atoms with Gasteiger partial charge in [-0.1, -0.05) is 29.8 Å². The zero-order valence-electron chi connectivity index (χ0n) is 12.9. The monoisotopic (exact) mass is 286 g/mol. The van der Waals surface area contributed by atoms with Crippen molar-refractivity contribution in [3.05, 3.63) is 65.5 Å². The number of halogens is 1. The van der Waals surface area contributed by atoms with Crippen LogP contribution in [0.25, 0.3) is 0 Å². The van der Waals surface area contributed by atoms with E-state index in [-0.39, 0.29) is 11.4 Å². The topological polar surface area (TPSA) is 29.3 Å². The molecule has 0 fully saturated rings. The summed E-state index contributed by atoms with van der Waals surface area (Å²) in [5, 5.41) is 0.